The number of ether oxygens (including phenoxy) is 1. The highest BCUT2D eigenvalue weighted by Crippen LogP contribution is 2.26. The first kappa shape index (κ1) is 20.6. The number of nitrogens with two attached hydrogens (primary N) is 1. The van der Waals surface area contributed by atoms with Crippen LogP contribution in [0.15, 0.2) is 30.3 Å². The lowest BCUT2D eigenvalue weighted by Gasteiger charge is -2.41. The second-order valence-corrected chi connectivity index (χ2v) is 8.02. The van der Waals surface area contributed by atoms with E-state index in [0.717, 1.165) is 44.4 Å². The monoisotopic (exact) mass is 387 g/mol. The minimum Gasteiger partial charge on any atom is -0.493 e. The topological polar surface area (TPSA) is 75.9 Å². The molecule has 28 heavy (non-hydrogen) atoms. The summed E-state index contributed by atoms with van der Waals surface area (Å²) in [5.74, 6) is 1.14. The molecule has 0 radical (unpaired) electrons. The summed E-state index contributed by atoms with van der Waals surface area (Å²) in [6.45, 7) is 4.50. The van der Waals surface area contributed by atoms with E-state index in [9.17, 15) is 9.59 Å². The summed E-state index contributed by atoms with van der Waals surface area (Å²) < 4.78 is 5.62. The SMILES string of the molecule is CC(N)C1CCCCN1C(=O)C1CCN(C(=O)CCOc2ccccc2)CC1. The van der Waals surface area contributed by atoms with Gasteiger partial charge in [-0.3, -0.25) is 9.59 Å². The van der Waals surface area contributed by atoms with Gasteiger partial charge >= 0.3 is 0 Å². The standard InChI is InChI=1S/C22H33N3O3/c1-17(23)20-9-5-6-13-25(20)22(27)18-10-14-24(15-11-18)21(26)12-16-28-19-7-3-2-4-8-19/h2-4,7-8,17-18,20H,5-6,9-16,23H2,1H3. The molecule has 1 aromatic rings. The molecule has 2 N–H and O–H groups in total. The number of piperidine rings is 2. The molecule has 2 amide bonds. The number of hydrogen-bond donors (Lipinski definition) is 1. The van der Waals surface area contributed by atoms with E-state index in [1.54, 1.807) is 0 Å². The molecule has 154 valence electrons. The molecular formula is C22H33N3O3. The quantitative estimate of drug-likeness (QED) is 0.813. The Morgan fingerprint density at radius 1 is 1.11 bits per heavy atom. The first-order chi connectivity index (χ1) is 13.6. The molecule has 0 spiro atoms. The highest BCUT2D eigenvalue weighted by molar-refractivity contribution is 5.80. The summed E-state index contributed by atoms with van der Waals surface area (Å²) in [4.78, 5) is 29.4. The largest absolute Gasteiger partial charge is 0.493 e. The zero-order valence-electron chi connectivity index (χ0n) is 16.9. The minimum atomic E-state index is 0.00975. The van der Waals surface area contributed by atoms with E-state index in [1.165, 1.54) is 0 Å². The van der Waals surface area contributed by atoms with E-state index in [-0.39, 0.29) is 29.8 Å². The second kappa shape index (κ2) is 9.92. The summed E-state index contributed by atoms with van der Waals surface area (Å²) in [5, 5.41) is 0. The number of benzene rings is 1. The maximum absolute atomic E-state index is 13.0. The van der Waals surface area contributed by atoms with E-state index < -0.39 is 0 Å². The number of hydrogen-bond acceptors (Lipinski definition) is 4. The van der Waals surface area contributed by atoms with Crippen LogP contribution in [-0.2, 0) is 9.59 Å². The van der Waals surface area contributed by atoms with Crippen LogP contribution in [0, 0.1) is 5.92 Å². The van der Waals surface area contributed by atoms with Gasteiger partial charge in [0.25, 0.3) is 0 Å². The van der Waals surface area contributed by atoms with Crippen molar-refractivity contribution in [2.24, 2.45) is 11.7 Å². The van der Waals surface area contributed by atoms with Crippen LogP contribution in [0.2, 0.25) is 0 Å². The van der Waals surface area contributed by atoms with E-state index in [4.69, 9.17) is 10.5 Å². The van der Waals surface area contributed by atoms with Crippen molar-refractivity contribution in [3.05, 3.63) is 30.3 Å². The molecule has 2 saturated heterocycles. The van der Waals surface area contributed by atoms with E-state index >= 15 is 0 Å². The molecule has 2 heterocycles. The lowest BCUT2D eigenvalue weighted by Crippen LogP contribution is -2.54. The molecule has 2 aliphatic heterocycles. The van der Waals surface area contributed by atoms with Gasteiger partial charge < -0.3 is 20.3 Å². The molecule has 2 unspecified atom stereocenters. The molecule has 0 aliphatic carbocycles. The van der Waals surface area contributed by atoms with Crippen LogP contribution >= 0.6 is 0 Å². The van der Waals surface area contributed by atoms with Gasteiger partial charge in [-0.15, -0.1) is 0 Å². The fraction of sp³-hybridized carbons (Fsp3) is 0.636. The maximum Gasteiger partial charge on any atom is 0.226 e. The number of nitrogens with zero attached hydrogens (tertiary/aromatic N) is 2. The van der Waals surface area contributed by atoms with Crippen LogP contribution in [0.3, 0.4) is 0 Å². The second-order valence-electron chi connectivity index (χ2n) is 8.02. The van der Waals surface area contributed by atoms with Crippen molar-refractivity contribution in [1.82, 2.24) is 9.80 Å². The summed E-state index contributed by atoms with van der Waals surface area (Å²) in [5.41, 5.74) is 6.12. The summed E-state index contributed by atoms with van der Waals surface area (Å²) in [6.07, 6.45) is 5.06. The van der Waals surface area contributed by atoms with E-state index in [2.05, 4.69) is 0 Å². The highest BCUT2D eigenvalue weighted by Gasteiger charge is 2.35. The lowest BCUT2D eigenvalue weighted by atomic mass is 9.91. The summed E-state index contributed by atoms with van der Waals surface area (Å²) >= 11 is 0. The zero-order chi connectivity index (χ0) is 19.9. The van der Waals surface area contributed by atoms with Crippen molar-refractivity contribution in [3.8, 4) is 5.75 Å². The van der Waals surface area contributed by atoms with Crippen molar-refractivity contribution < 1.29 is 14.3 Å². The van der Waals surface area contributed by atoms with Crippen LogP contribution in [0.5, 0.6) is 5.75 Å². The van der Waals surface area contributed by atoms with Gasteiger partial charge in [-0.1, -0.05) is 18.2 Å². The molecule has 6 heteroatoms. The molecule has 3 rings (SSSR count). The van der Waals surface area contributed by atoms with Gasteiger partial charge in [-0.25, -0.2) is 0 Å². The predicted octanol–water partition coefficient (Wildman–Crippen LogP) is 2.42. The van der Waals surface area contributed by atoms with Gasteiger partial charge in [0.1, 0.15) is 5.75 Å². The first-order valence-electron chi connectivity index (χ1n) is 10.6. The van der Waals surface area contributed by atoms with Crippen LogP contribution < -0.4 is 10.5 Å². The number of rotatable bonds is 6. The third-order valence-electron chi connectivity index (χ3n) is 5.96. The molecule has 0 aromatic heterocycles. The Labute approximate surface area is 168 Å². The summed E-state index contributed by atoms with van der Waals surface area (Å²) in [7, 11) is 0. The highest BCUT2D eigenvalue weighted by atomic mass is 16.5. The molecule has 2 fully saturated rings. The number of carbonyl (C=O) groups excluding carboxylic acids is 2. The zero-order valence-corrected chi connectivity index (χ0v) is 16.9. The van der Waals surface area contributed by atoms with Gasteiger partial charge in [0.15, 0.2) is 0 Å². The Morgan fingerprint density at radius 2 is 1.82 bits per heavy atom. The Kier molecular flexibility index (Phi) is 7.31. The number of amides is 2. The fourth-order valence-electron chi connectivity index (χ4n) is 4.32. The van der Waals surface area contributed by atoms with Crippen molar-refractivity contribution in [1.29, 1.82) is 0 Å². The number of para-hydroxylation sites is 1. The molecule has 2 aliphatic rings. The fourth-order valence-corrected chi connectivity index (χ4v) is 4.32. The van der Waals surface area contributed by atoms with Crippen LogP contribution in [0.25, 0.3) is 0 Å². The Morgan fingerprint density at radius 3 is 2.50 bits per heavy atom. The van der Waals surface area contributed by atoms with Crippen LogP contribution in [-0.4, -0.2) is 59.9 Å². The van der Waals surface area contributed by atoms with Crippen molar-refractivity contribution >= 4 is 11.8 Å². The van der Waals surface area contributed by atoms with E-state index in [1.807, 2.05) is 47.1 Å². The maximum atomic E-state index is 13.0. The van der Waals surface area contributed by atoms with Gasteiger partial charge in [0, 0.05) is 37.6 Å². The molecule has 0 saturated carbocycles. The van der Waals surface area contributed by atoms with Crippen molar-refractivity contribution in [2.45, 2.75) is 57.5 Å². The predicted molar refractivity (Wildman–Crippen MR) is 109 cm³/mol. The normalized spacial score (nSPS) is 22.0. The van der Waals surface area contributed by atoms with Gasteiger partial charge in [0.05, 0.1) is 13.0 Å². The number of likely N-dealkylation sites (tertiary alicyclic amines) is 2. The molecule has 0 bridgehead atoms. The number of carbonyl (C=O) groups is 2. The minimum absolute atomic E-state index is 0.00975. The Bertz CT molecular complexity index is 642. The Hall–Kier alpha value is -2.08. The van der Waals surface area contributed by atoms with Crippen LogP contribution in [0.4, 0.5) is 0 Å². The van der Waals surface area contributed by atoms with E-state index in [0.29, 0.717) is 26.1 Å². The van der Waals surface area contributed by atoms with Gasteiger partial charge in [-0.2, -0.15) is 0 Å². The van der Waals surface area contributed by atoms with Crippen molar-refractivity contribution in [3.63, 3.8) is 0 Å². The molecule has 1 aromatic carbocycles. The van der Waals surface area contributed by atoms with Crippen molar-refractivity contribution in [2.75, 3.05) is 26.2 Å². The third kappa shape index (κ3) is 5.25. The molecule has 2 atom stereocenters. The molecule has 6 nitrogen and oxygen atoms in total. The third-order valence-corrected chi connectivity index (χ3v) is 5.96. The average Bonchev–Trinajstić information content (AvgIpc) is 2.74. The lowest BCUT2D eigenvalue weighted by molar-refractivity contribution is -0.144. The molecular weight excluding hydrogens is 354 g/mol. The van der Waals surface area contributed by atoms with Gasteiger partial charge in [0.2, 0.25) is 11.8 Å². The first-order valence-corrected chi connectivity index (χ1v) is 10.6. The van der Waals surface area contributed by atoms with Gasteiger partial charge in [-0.05, 0) is 51.2 Å². The smallest absolute Gasteiger partial charge is 0.226 e. The Balaban J connectivity index is 1.43. The average molecular weight is 388 g/mol. The summed E-state index contributed by atoms with van der Waals surface area (Å²) in [6, 6.07) is 9.71. The van der Waals surface area contributed by atoms with Crippen LogP contribution in [0.1, 0.15) is 45.4 Å².